The Labute approximate surface area is 152 Å². The van der Waals surface area contributed by atoms with Crippen molar-refractivity contribution in [2.24, 2.45) is 0 Å². The number of piperazine rings is 1. The predicted octanol–water partition coefficient (Wildman–Crippen LogP) is 2.99. The monoisotopic (exact) mass is 343 g/mol. The highest BCUT2D eigenvalue weighted by atomic mass is 16.1. The van der Waals surface area contributed by atoms with E-state index in [0.29, 0.717) is 6.04 Å². The van der Waals surface area contributed by atoms with E-state index in [4.69, 9.17) is 0 Å². The zero-order valence-electron chi connectivity index (χ0n) is 15.9. The minimum absolute atomic E-state index is 0.0895. The summed E-state index contributed by atoms with van der Waals surface area (Å²) < 4.78 is 0. The van der Waals surface area contributed by atoms with Gasteiger partial charge in [0.05, 0.1) is 0 Å². The van der Waals surface area contributed by atoms with Crippen LogP contribution in [0.1, 0.15) is 50.7 Å². The lowest BCUT2D eigenvalue weighted by atomic mass is 9.86. The highest BCUT2D eigenvalue weighted by molar-refractivity contribution is 5.73. The van der Waals surface area contributed by atoms with Crippen LogP contribution in [0.3, 0.4) is 0 Å². The van der Waals surface area contributed by atoms with E-state index in [9.17, 15) is 4.79 Å². The lowest BCUT2D eigenvalue weighted by molar-refractivity contribution is -0.119. The van der Waals surface area contributed by atoms with Gasteiger partial charge in [-0.1, -0.05) is 31.9 Å². The molecule has 1 fully saturated rings. The van der Waals surface area contributed by atoms with Gasteiger partial charge in [0.15, 0.2) is 0 Å². The quantitative estimate of drug-likeness (QED) is 0.807. The summed E-state index contributed by atoms with van der Waals surface area (Å²) in [5, 5.41) is 3.12. The van der Waals surface area contributed by atoms with Crippen LogP contribution < -0.4 is 10.2 Å². The number of rotatable bonds is 6. The Morgan fingerprint density at radius 1 is 1.20 bits per heavy atom. The molecule has 0 aromatic heterocycles. The number of anilines is 1. The van der Waals surface area contributed by atoms with E-state index < -0.39 is 0 Å². The molecule has 138 valence electrons. The number of carbonyl (C=O) groups is 1. The molecule has 4 heteroatoms. The molecule has 1 N–H and O–H groups in total. The molecule has 1 atom stereocenters. The predicted molar refractivity (Wildman–Crippen MR) is 104 cm³/mol. The minimum Gasteiger partial charge on any atom is -0.369 e. The molecule has 25 heavy (non-hydrogen) atoms. The van der Waals surface area contributed by atoms with Gasteiger partial charge in [-0.3, -0.25) is 9.69 Å². The molecule has 1 heterocycles. The molecule has 0 saturated carbocycles. The maximum Gasteiger partial charge on any atom is 0.217 e. The van der Waals surface area contributed by atoms with Crippen molar-refractivity contribution >= 4 is 11.6 Å². The molecule has 0 bridgehead atoms. The number of nitrogens with zero attached hydrogens (tertiary/aromatic N) is 2. The van der Waals surface area contributed by atoms with Crippen molar-refractivity contribution in [1.82, 2.24) is 10.2 Å². The Morgan fingerprint density at radius 3 is 2.72 bits per heavy atom. The number of hydrogen-bond donors (Lipinski definition) is 1. The maximum absolute atomic E-state index is 11.4. The van der Waals surface area contributed by atoms with Gasteiger partial charge in [-0.15, -0.1) is 0 Å². The zero-order chi connectivity index (χ0) is 17.6. The average molecular weight is 344 g/mol. The van der Waals surface area contributed by atoms with Crippen LogP contribution in [0.5, 0.6) is 0 Å². The fraction of sp³-hybridized carbons (Fsp3) is 0.667. The van der Waals surface area contributed by atoms with Gasteiger partial charge in [0, 0.05) is 44.8 Å². The molecule has 1 amide bonds. The fourth-order valence-corrected chi connectivity index (χ4v) is 4.27. The van der Waals surface area contributed by atoms with Crippen molar-refractivity contribution < 1.29 is 4.79 Å². The van der Waals surface area contributed by atoms with Crippen LogP contribution in [0.2, 0.25) is 0 Å². The molecule has 0 radical (unpaired) electrons. The smallest absolute Gasteiger partial charge is 0.217 e. The number of unbranched alkanes of at least 4 members (excludes halogenated alkanes) is 2. The molecule has 1 saturated heterocycles. The first kappa shape index (κ1) is 18.2. The highest BCUT2D eigenvalue weighted by Gasteiger charge is 2.25. The van der Waals surface area contributed by atoms with Gasteiger partial charge in [0.2, 0.25) is 5.91 Å². The molecule has 3 rings (SSSR count). The van der Waals surface area contributed by atoms with E-state index in [-0.39, 0.29) is 5.91 Å². The Balaban J connectivity index is 1.63. The Kier molecular flexibility index (Phi) is 6.35. The third-order valence-corrected chi connectivity index (χ3v) is 5.66. The van der Waals surface area contributed by atoms with Crippen LogP contribution >= 0.6 is 0 Å². The molecular formula is C21H33N3O. The van der Waals surface area contributed by atoms with E-state index in [2.05, 4.69) is 40.2 Å². The van der Waals surface area contributed by atoms with Crippen molar-refractivity contribution in [3.8, 4) is 0 Å². The van der Waals surface area contributed by atoms with Gasteiger partial charge in [-0.25, -0.2) is 0 Å². The van der Waals surface area contributed by atoms with Crippen molar-refractivity contribution in [1.29, 1.82) is 0 Å². The van der Waals surface area contributed by atoms with Gasteiger partial charge in [0.1, 0.15) is 0 Å². The summed E-state index contributed by atoms with van der Waals surface area (Å²) in [6.07, 6.45) is 7.08. The van der Waals surface area contributed by atoms with Gasteiger partial charge in [0.25, 0.3) is 0 Å². The van der Waals surface area contributed by atoms with Crippen LogP contribution in [0.4, 0.5) is 5.69 Å². The molecule has 1 aliphatic heterocycles. The van der Waals surface area contributed by atoms with Crippen molar-refractivity contribution in [3.63, 3.8) is 0 Å². The van der Waals surface area contributed by atoms with Crippen LogP contribution in [-0.4, -0.2) is 49.6 Å². The topological polar surface area (TPSA) is 35.6 Å². The molecule has 1 aromatic carbocycles. The lowest BCUT2D eigenvalue weighted by Gasteiger charge is -2.38. The number of fused-ring (bicyclic) bond motifs is 1. The summed E-state index contributed by atoms with van der Waals surface area (Å²) in [6.45, 7) is 9.72. The normalized spacial score (nSPS) is 21.0. The molecule has 4 nitrogen and oxygen atoms in total. The van der Waals surface area contributed by atoms with E-state index in [1.807, 2.05) is 0 Å². The molecule has 0 spiro atoms. The number of carbonyl (C=O) groups excluding carboxylic acids is 1. The second kappa shape index (κ2) is 8.70. The first-order chi connectivity index (χ1) is 12.2. The largest absolute Gasteiger partial charge is 0.369 e. The summed E-state index contributed by atoms with van der Waals surface area (Å²) >= 11 is 0. The van der Waals surface area contributed by atoms with E-state index in [1.54, 1.807) is 6.92 Å². The standard InChI is InChI=1S/C21H33N3O/c1-3-4-5-11-23-12-14-24(15-13-23)21-8-6-7-18-9-10-19(16-20(18)21)22-17(2)25/h6-8,19H,3-5,9-16H2,1-2H3,(H,22,25). The summed E-state index contributed by atoms with van der Waals surface area (Å²) in [5.74, 6) is 0.0895. The fourth-order valence-electron chi connectivity index (χ4n) is 4.27. The summed E-state index contributed by atoms with van der Waals surface area (Å²) in [7, 11) is 0. The Hall–Kier alpha value is -1.55. The summed E-state index contributed by atoms with van der Waals surface area (Å²) in [4.78, 5) is 16.6. The van der Waals surface area contributed by atoms with Crippen LogP contribution in [0, 0.1) is 0 Å². The Morgan fingerprint density at radius 2 is 2.00 bits per heavy atom. The molecule has 1 aliphatic carbocycles. The summed E-state index contributed by atoms with van der Waals surface area (Å²) in [5.41, 5.74) is 4.34. The lowest BCUT2D eigenvalue weighted by Crippen LogP contribution is -2.47. The van der Waals surface area contributed by atoms with Gasteiger partial charge in [-0.2, -0.15) is 0 Å². The van der Waals surface area contributed by atoms with E-state index >= 15 is 0 Å². The van der Waals surface area contributed by atoms with Crippen LogP contribution in [-0.2, 0) is 17.6 Å². The second-order valence-electron chi connectivity index (χ2n) is 7.59. The van der Waals surface area contributed by atoms with E-state index in [1.165, 1.54) is 55.7 Å². The third-order valence-electron chi connectivity index (χ3n) is 5.66. The van der Waals surface area contributed by atoms with Gasteiger partial charge < -0.3 is 10.2 Å². The van der Waals surface area contributed by atoms with Crippen LogP contribution in [0.25, 0.3) is 0 Å². The Bertz CT molecular complexity index is 579. The zero-order valence-corrected chi connectivity index (χ0v) is 15.9. The number of hydrogen-bond acceptors (Lipinski definition) is 3. The average Bonchev–Trinajstić information content (AvgIpc) is 2.61. The first-order valence-electron chi connectivity index (χ1n) is 10.0. The molecule has 2 aliphatic rings. The van der Waals surface area contributed by atoms with Crippen molar-refractivity contribution in [2.75, 3.05) is 37.6 Å². The third kappa shape index (κ3) is 4.75. The molecule has 1 aromatic rings. The van der Waals surface area contributed by atoms with E-state index in [0.717, 1.165) is 32.4 Å². The summed E-state index contributed by atoms with van der Waals surface area (Å²) in [6, 6.07) is 7.05. The first-order valence-corrected chi connectivity index (χ1v) is 10.0. The van der Waals surface area contributed by atoms with Gasteiger partial charge >= 0.3 is 0 Å². The SMILES string of the molecule is CCCCCN1CCN(c2cccc3c2CC(NC(C)=O)CC3)CC1. The minimum atomic E-state index is 0.0895. The molecule has 1 unspecified atom stereocenters. The number of nitrogens with one attached hydrogen (secondary N) is 1. The second-order valence-corrected chi connectivity index (χ2v) is 7.59. The number of aryl methyl sites for hydroxylation is 1. The number of amides is 1. The van der Waals surface area contributed by atoms with Gasteiger partial charge in [-0.05, 0) is 49.4 Å². The molecular weight excluding hydrogens is 310 g/mol. The highest BCUT2D eigenvalue weighted by Crippen LogP contribution is 2.31. The maximum atomic E-state index is 11.4. The van der Waals surface area contributed by atoms with Crippen molar-refractivity contribution in [2.45, 2.75) is 58.4 Å². The number of benzene rings is 1. The van der Waals surface area contributed by atoms with Crippen LogP contribution in [0.15, 0.2) is 18.2 Å². The van der Waals surface area contributed by atoms with Crippen molar-refractivity contribution in [3.05, 3.63) is 29.3 Å².